The van der Waals surface area contributed by atoms with Gasteiger partial charge in [-0.05, 0) is 117 Å². The van der Waals surface area contributed by atoms with Crippen LogP contribution in [0.25, 0.3) is 105 Å². The fraction of sp³-hybridized carbons (Fsp3) is 0. The van der Waals surface area contributed by atoms with Crippen LogP contribution in [-0.4, -0.2) is 4.57 Å². The van der Waals surface area contributed by atoms with Gasteiger partial charge in [0.1, 0.15) is 11.2 Å². The Balaban J connectivity index is 0.887. The van der Waals surface area contributed by atoms with E-state index in [1.54, 1.807) is 0 Å². The summed E-state index contributed by atoms with van der Waals surface area (Å²) in [6, 6.07) is 96.1. The van der Waals surface area contributed by atoms with E-state index >= 15 is 0 Å². The van der Waals surface area contributed by atoms with Crippen LogP contribution >= 0.6 is 0 Å². The predicted molar refractivity (Wildman–Crippen MR) is 290 cm³/mol. The van der Waals surface area contributed by atoms with Crippen molar-refractivity contribution in [2.24, 2.45) is 0 Å². The normalized spacial score (nSPS) is 11.5. The van der Waals surface area contributed by atoms with Crippen LogP contribution in [0.15, 0.2) is 271 Å². The lowest BCUT2D eigenvalue weighted by Gasteiger charge is -2.30. The molecule has 0 aliphatic carbocycles. The number of aromatic nitrogens is 1. The molecule has 0 N–H and O–H groups in total. The van der Waals surface area contributed by atoms with Crippen LogP contribution in [-0.2, 0) is 0 Å². The first-order chi connectivity index (χ1) is 34.2. The van der Waals surface area contributed by atoms with Gasteiger partial charge >= 0.3 is 0 Å². The number of nitrogens with zero attached hydrogens (tertiary/aromatic N) is 2. The van der Waals surface area contributed by atoms with Crippen molar-refractivity contribution in [3.05, 3.63) is 267 Å². The monoisotopic (exact) mass is 880 g/mol. The summed E-state index contributed by atoms with van der Waals surface area (Å²) in [5.74, 6) is 0. The minimum atomic E-state index is 0.874. The zero-order chi connectivity index (χ0) is 45.7. The van der Waals surface area contributed by atoms with Crippen molar-refractivity contribution in [2.75, 3.05) is 4.90 Å². The maximum absolute atomic E-state index is 6.43. The van der Waals surface area contributed by atoms with E-state index in [1.807, 2.05) is 12.1 Å². The van der Waals surface area contributed by atoms with Gasteiger partial charge in [-0.1, -0.05) is 194 Å². The molecule has 0 saturated heterocycles. The van der Waals surface area contributed by atoms with Crippen LogP contribution in [0.1, 0.15) is 0 Å². The molecule has 0 aliphatic heterocycles. The molecular weight excluding hydrogens is 837 g/mol. The first-order valence-corrected chi connectivity index (χ1v) is 23.6. The Hall–Kier alpha value is -9.18. The summed E-state index contributed by atoms with van der Waals surface area (Å²) < 4.78 is 8.81. The number of para-hydroxylation sites is 5. The van der Waals surface area contributed by atoms with Gasteiger partial charge in [-0.2, -0.15) is 0 Å². The van der Waals surface area contributed by atoms with Gasteiger partial charge in [0.25, 0.3) is 0 Å². The molecular formula is C66H44N2O. The van der Waals surface area contributed by atoms with Crippen molar-refractivity contribution >= 4 is 60.8 Å². The number of anilines is 3. The van der Waals surface area contributed by atoms with E-state index in [2.05, 4.69) is 264 Å². The standard InChI is InChI=1S/C66H44N2O/c1-2-16-45(17-3-1)49-18-14-20-51(42-49)55-22-4-9-27-61(55)67(62-28-10-5-23-56(62)52-38-41-60-59-26-8-13-31-65(59)69-66(60)44-52)53-39-36-47(37-40-53)46-32-34-48(35-33-46)50-19-15-21-54(43-50)68-63-29-11-6-24-57(63)58-25-7-12-30-64(58)68/h1-44H. The lowest BCUT2D eigenvalue weighted by atomic mass is 9.96. The van der Waals surface area contributed by atoms with Crippen LogP contribution in [0.3, 0.4) is 0 Å². The number of furan rings is 1. The Morgan fingerprint density at radius 1 is 0.275 bits per heavy atom. The van der Waals surface area contributed by atoms with E-state index in [0.29, 0.717) is 0 Å². The minimum absolute atomic E-state index is 0.874. The van der Waals surface area contributed by atoms with Gasteiger partial charge < -0.3 is 13.9 Å². The summed E-state index contributed by atoms with van der Waals surface area (Å²) in [5.41, 5.74) is 20.1. The number of hydrogen-bond acceptors (Lipinski definition) is 2. The van der Waals surface area contributed by atoms with Gasteiger partial charge in [-0.3, -0.25) is 0 Å². The maximum atomic E-state index is 6.43. The average Bonchev–Trinajstić information content (AvgIpc) is 3.97. The van der Waals surface area contributed by atoms with Crippen molar-refractivity contribution in [3.8, 4) is 61.3 Å². The molecule has 0 aliphatic rings. The third kappa shape index (κ3) is 7.16. The summed E-state index contributed by atoms with van der Waals surface area (Å²) in [7, 11) is 0. The first-order valence-electron chi connectivity index (χ1n) is 23.6. The van der Waals surface area contributed by atoms with Crippen LogP contribution in [0, 0.1) is 0 Å². The zero-order valence-corrected chi connectivity index (χ0v) is 37.7. The third-order valence-electron chi connectivity index (χ3n) is 13.6. The Kier molecular flexibility index (Phi) is 9.84. The van der Waals surface area contributed by atoms with Gasteiger partial charge in [0, 0.05) is 44.0 Å². The minimum Gasteiger partial charge on any atom is -0.456 e. The zero-order valence-electron chi connectivity index (χ0n) is 37.7. The Morgan fingerprint density at radius 2 is 0.725 bits per heavy atom. The van der Waals surface area contributed by atoms with Crippen molar-refractivity contribution in [1.29, 1.82) is 0 Å². The summed E-state index contributed by atoms with van der Waals surface area (Å²) >= 11 is 0. The van der Waals surface area contributed by atoms with Crippen molar-refractivity contribution in [1.82, 2.24) is 4.57 Å². The maximum Gasteiger partial charge on any atom is 0.136 e. The second-order valence-corrected chi connectivity index (χ2v) is 17.7. The first kappa shape index (κ1) is 40.1. The highest BCUT2D eigenvalue weighted by Crippen LogP contribution is 2.46. The number of rotatable bonds is 9. The molecule has 0 fully saturated rings. The Labute approximate surface area is 401 Å². The van der Waals surface area contributed by atoms with Crippen LogP contribution < -0.4 is 4.90 Å². The molecule has 69 heavy (non-hydrogen) atoms. The van der Waals surface area contributed by atoms with E-state index in [-0.39, 0.29) is 0 Å². The van der Waals surface area contributed by atoms with E-state index in [1.165, 1.54) is 44.1 Å². The molecule has 3 nitrogen and oxygen atoms in total. The SMILES string of the molecule is c1ccc(-c2cccc(-c3ccccc3N(c3ccc(-c4ccc(-c5cccc(-n6c7ccccc7c7ccccc76)c5)cc4)cc3)c3ccccc3-c3ccc4c(c3)oc3ccccc34)c2)cc1. The fourth-order valence-corrected chi connectivity index (χ4v) is 10.3. The molecule has 13 aromatic rings. The van der Waals surface area contributed by atoms with Crippen LogP contribution in [0.5, 0.6) is 0 Å². The number of hydrogen-bond donors (Lipinski definition) is 0. The molecule has 0 radical (unpaired) electrons. The van der Waals surface area contributed by atoms with Gasteiger partial charge in [0.15, 0.2) is 0 Å². The van der Waals surface area contributed by atoms with Crippen molar-refractivity contribution < 1.29 is 4.42 Å². The molecule has 324 valence electrons. The molecule has 0 saturated carbocycles. The van der Waals surface area contributed by atoms with E-state index in [0.717, 1.165) is 78.1 Å². The molecule has 0 unspecified atom stereocenters. The second kappa shape index (κ2) is 16.9. The highest BCUT2D eigenvalue weighted by molar-refractivity contribution is 6.09. The number of fused-ring (bicyclic) bond motifs is 6. The molecule has 0 spiro atoms. The summed E-state index contributed by atoms with van der Waals surface area (Å²) in [5, 5.41) is 4.77. The number of benzene rings is 11. The largest absolute Gasteiger partial charge is 0.456 e. The summed E-state index contributed by atoms with van der Waals surface area (Å²) in [4.78, 5) is 2.42. The Bertz CT molecular complexity index is 3960. The van der Waals surface area contributed by atoms with Gasteiger partial charge in [0.2, 0.25) is 0 Å². The summed E-state index contributed by atoms with van der Waals surface area (Å²) in [6.07, 6.45) is 0. The highest BCUT2D eigenvalue weighted by Gasteiger charge is 2.22. The lowest BCUT2D eigenvalue weighted by molar-refractivity contribution is 0.669. The molecule has 0 amide bonds. The van der Waals surface area contributed by atoms with Gasteiger partial charge in [0.05, 0.1) is 22.4 Å². The predicted octanol–water partition coefficient (Wildman–Crippen LogP) is 18.5. The smallest absolute Gasteiger partial charge is 0.136 e. The van der Waals surface area contributed by atoms with E-state index in [4.69, 9.17) is 4.42 Å². The Morgan fingerprint density at radius 3 is 1.41 bits per heavy atom. The quantitative estimate of drug-likeness (QED) is 0.144. The third-order valence-corrected chi connectivity index (χ3v) is 13.6. The lowest BCUT2D eigenvalue weighted by Crippen LogP contribution is -2.12. The van der Waals surface area contributed by atoms with E-state index < -0.39 is 0 Å². The van der Waals surface area contributed by atoms with Gasteiger partial charge in [-0.25, -0.2) is 0 Å². The second-order valence-electron chi connectivity index (χ2n) is 17.7. The molecule has 11 aromatic carbocycles. The van der Waals surface area contributed by atoms with Crippen LogP contribution in [0.4, 0.5) is 17.1 Å². The molecule has 13 rings (SSSR count). The summed E-state index contributed by atoms with van der Waals surface area (Å²) in [6.45, 7) is 0. The van der Waals surface area contributed by atoms with Crippen molar-refractivity contribution in [2.45, 2.75) is 0 Å². The molecule has 2 aromatic heterocycles. The fourth-order valence-electron chi connectivity index (χ4n) is 10.3. The average molecular weight is 881 g/mol. The molecule has 0 atom stereocenters. The van der Waals surface area contributed by atoms with Crippen molar-refractivity contribution in [3.63, 3.8) is 0 Å². The molecule has 2 heterocycles. The highest BCUT2D eigenvalue weighted by atomic mass is 16.3. The van der Waals surface area contributed by atoms with E-state index in [9.17, 15) is 0 Å². The van der Waals surface area contributed by atoms with Crippen LogP contribution in [0.2, 0.25) is 0 Å². The topological polar surface area (TPSA) is 21.3 Å². The molecule has 0 bridgehead atoms. The van der Waals surface area contributed by atoms with Gasteiger partial charge in [-0.15, -0.1) is 0 Å². The molecule has 3 heteroatoms.